The average Bonchev–Trinajstić information content (AvgIpc) is 2.46. The van der Waals surface area contributed by atoms with E-state index < -0.39 is 0 Å². The number of rotatable bonds is 5. The van der Waals surface area contributed by atoms with E-state index in [1.807, 2.05) is 12.1 Å². The second-order valence-electron chi connectivity index (χ2n) is 5.19. The van der Waals surface area contributed by atoms with E-state index in [-0.39, 0.29) is 5.54 Å². The molecule has 0 amide bonds. The van der Waals surface area contributed by atoms with E-state index in [0.29, 0.717) is 17.2 Å². The van der Waals surface area contributed by atoms with Crippen molar-refractivity contribution in [3.8, 4) is 17.2 Å². The first kappa shape index (κ1) is 14.9. The van der Waals surface area contributed by atoms with Gasteiger partial charge in [-0.3, -0.25) is 0 Å². The topological polar surface area (TPSA) is 62.9 Å². The molecule has 1 aliphatic heterocycles. The average molecular weight is 281 g/mol. The molecule has 20 heavy (non-hydrogen) atoms. The third-order valence-corrected chi connectivity index (χ3v) is 3.77. The number of ether oxygens (including phenoxy) is 4. The minimum Gasteiger partial charge on any atom is -0.493 e. The molecule has 0 radical (unpaired) electrons. The van der Waals surface area contributed by atoms with Crippen LogP contribution in [-0.2, 0) is 11.2 Å². The lowest BCUT2D eigenvalue weighted by Gasteiger charge is -2.33. The summed E-state index contributed by atoms with van der Waals surface area (Å²) in [6.45, 7) is 1.45. The lowest BCUT2D eigenvalue weighted by Crippen LogP contribution is -2.46. The highest BCUT2D eigenvalue weighted by molar-refractivity contribution is 5.54. The Labute approximate surface area is 120 Å². The van der Waals surface area contributed by atoms with Crippen LogP contribution >= 0.6 is 0 Å². The summed E-state index contributed by atoms with van der Waals surface area (Å²) in [7, 11) is 4.84. The van der Waals surface area contributed by atoms with E-state index in [1.54, 1.807) is 21.3 Å². The van der Waals surface area contributed by atoms with Gasteiger partial charge in [0.25, 0.3) is 0 Å². The highest BCUT2D eigenvalue weighted by atomic mass is 16.5. The molecule has 0 unspecified atom stereocenters. The fraction of sp³-hybridized carbons (Fsp3) is 0.600. The fourth-order valence-corrected chi connectivity index (χ4v) is 2.60. The molecular weight excluding hydrogens is 258 g/mol. The summed E-state index contributed by atoms with van der Waals surface area (Å²) in [5.41, 5.74) is 7.32. The van der Waals surface area contributed by atoms with Crippen LogP contribution in [-0.4, -0.2) is 40.1 Å². The lowest BCUT2D eigenvalue weighted by molar-refractivity contribution is 0.0533. The van der Waals surface area contributed by atoms with Crippen molar-refractivity contribution in [3.63, 3.8) is 0 Å². The van der Waals surface area contributed by atoms with Gasteiger partial charge in [0.05, 0.1) is 21.3 Å². The SMILES string of the molecule is COc1cc(CC2(N)CCOCC2)cc(OC)c1OC. The van der Waals surface area contributed by atoms with Gasteiger partial charge in [0.2, 0.25) is 5.75 Å². The Balaban J connectivity index is 2.27. The van der Waals surface area contributed by atoms with Crippen molar-refractivity contribution in [3.05, 3.63) is 17.7 Å². The van der Waals surface area contributed by atoms with Crippen molar-refractivity contribution in [2.45, 2.75) is 24.8 Å². The third-order valence-electron chi connectivity index (χ3n) is 3.77. The molecule has 0 aromatic heterocycles. The van der Waals surface area contributed by atoms with Crippen LogP contribution in [0.5, 0.6) is 17.2 Å². The maximum absolute atomic E-state index is 6.45. The van der Waals surface area contributed by atoms with Crippen LogP contribution in [0.4, 0.5) is 0 Å². The van der Waals surface area contributed by atoms with E-state index in [2.05, 4.69) is 0 Å². The van der Waals surface area contributed by atoms with Gasteiger partial charge in [-0.1, -0.05) is 0 Å². The summed E-state index contributed by atoms with van der Waals surface area (Å²) >= 11 is 0. The molecule has 0 spiro atoms. The standard InChI is InChI=1S/C15H23NO4/c1-17-12-8-11(9-13(18-2)14(12)19-3)10-15(16)4-6-20-7-5-15/h8-9H,4-7,10,16H2,1-3H3. The van der Waals surface area contributed by atoms with Gasteiger partial charge in [0.1, 0.15) is 0 Å². The highest BCUT2D eigenvalue weighted by Crippen LogP contribution is 2.39. The van der Waals surface area contributed by atoms with Crippen LogP contribution in [0.25, 0.3) is 0 Å². The van der Waals surface area contributed by atoms with Crippen molar-refractivity contribution in [1.82, 2.24) is 0 Å². The predicted octanol–water partition coefficient (Wildman–Crippen LogP) is 1.76. The van der Waals surface area contributed by atoms with Crippen LogP contribution in [0.15, 0.2) is 12.1 Å². The van der Waals surface area contributed by atoms with Gasteiger partial charge in [-0.25, -0.2) is 0 Å². The van der Waals surface area contributed by atoms with Gasteiger partial charge in [0.15, 0.2) is 11.5 Å². The number of nitrogens with two attached hydrogens (primary N) is 1. The molecule has 5 heteroatoms. The van der Waals surface area contributed by atoms with Gasteiger partial charge in [-0.05, 0) is 37.0 Å². The summed E-state index contributed by atoms with van der Waals surface area (Å²) in [5, 5.41) is 0. The molecule has 1 aromatic carbocycles. The van der Waals surface area contributed by atoms with Crippen LogP contribution in [0, 0.1) is 0 Å². The molecule has 1 fully saturated rings. The van der Waals surface area contributed by atoms with E-state index in [4.69, 9.17) is 24.7 Å². The monoisotopic (exact) mass is 281 g/mol. The molecule has 112 valence electrons. The first-order valence-electron chi connectivity index (χ1n) is 6.77. The number of hydrogen-bond donors (Lipinski definition) is 1. The van der Waals surface area contributed by atoms with Crippen molar-refractivity contribution >= 4 is 0 Å². The van der Waals surface area contributed by atoms with Crippen LogP contribution in [0.2, 0.25) is 0 Å². The van der Waals surface area contributed by atoms with E-state index >= 15 is 0 Å². The van der Waals surface area contributed by atoms with E-state index in [0.717, 1.165) is 38.0 Å². The maximum atomic E-state index is 6.45. The number of hydrogen-bond acceptors (Lipinski definition) is 5. The quantitative estimate of drug-likeness (QED) is 0.891. The number of benzene rings is 1. The number of methoxy groups -OCH3 is 3. The molecular formula is C15H23NO4. The molecule has 1 saturated heterocycles. The van der Waals surface area contributed by atoms with Gasteiger partial charge < -0.3 is 24.7 Å². The van der Waals surface area contributed by atoms with Gasteiger partial charge in [-0.15, -0.1) is 0 Å². The molecule has 0 aliphatic carbocycles. The summed E-state index contributed by atoms with van der Waals surface area (Å²) in [5.74, 6) is 1.94. The van der Waals surface area contributed by atoms with Crippen molar-refractivity contribution in [2.75, 3.05) is 34.5 Å². The third kappa shape index (κ3) is 3.16. The Morgan fingerprint density at radius 2 is 1.60 bits per heavy atom. The molecule has 0 saturated carbocycles. The Morgan fingerprint density at radius 1 is 1.05 bits per heavy atom. The van der Waals surface area contributed by atoms with Gasteiger partial charge in [0, 0.05) is 18.8 Å². The van der Waals surface area contributed by atoms with E-state index in [1.165, 1.54) is 0 Å². The Morgan fingerprint density at radius 3 is 2.05 bits per heavy atom. The van der Waals surface area contributed by atoms with Gasteiger partial charge >= 0.3 is 0 Å². The molecule has 5 nitrogen and oxygen atoms in total. The zero-order valence-corrected chi connectivity index (χ0v) is 12.4. The van der Waals surface area contributed by atoms with Crippen molar-refractivity contribution in [1.29, 1.82) is 0 Å². The normalized spacial score (nSPS) is 17.6. The zero-order chi connectivity index (χ0) is 14.6. The molecule has 2 N–H and O–H groups in total. The van der Waals surface area contributed by atoms with Gasteiger partial charge in [-0.2, -0.15) is 0 Å². The predicted molar refractivity (Wildman–Crippen MR) is 76.8 cm³/mol. The molecule has 2 rings (SSSR count). The Kier molecular flexibility index (Phi) is 4.73. The van der Waals surface area contributed by atoms with E-state index in [9.17, 15) is 0 Å². The highest BCUT2D eigenvalue weighted by Gasteiger charge is 2.29. The minimum atomic E-state index is -0.219. The largest absolute Gasteiger partial charge is 0.493 e. The summed E-state index contributed by atoms with van der Waals surface area (Å²) in [4.78, 5) is 0. The Bertz CT molecular complexity index is 430. The molecule has 1 aliphatic rings. The lowest BCUT2D eigenvalue weighted by atomic mass is 9.84. The van der Waals surface area contributed by atoms with Crippen molar-refractivity contribution < 1.29 is 18.9 Å². The molecule has 1 heterocycles. The first-order chi connectivity index (χ1) is 9.61. The van der Waals surface area contributed by atoms with Crippen LogP contribution in [0.1, 0.15) is 18.4 Å². The second-order valence-corrected chi connectivity index (χ2v) is 5.19. The van der Waals surface area contributed by atoms with Crippen LogP contribution < -0.4 is 19.9 Å². The first-order valence-corrected chi connectivity index (χ1v) is 6.77. The second kappa shape index (κ2) is 6.33. The fourth-order valence-electron chi connectivity index (χ4n) is 2.60. The molecule has 0 bridgehead atoms. The summed E-state index contributed by atoms with van der Waals surface area (Å²) in [6, 6.07) is 3.93. The van der Waals surface area contributed by atoms with Crippen molar-refractivity contribution in [2.24, 2.45) is 5.73 Å². The zero-order valence-electron chi connectivity index (χ0n) is 12.4. The molecule has 0 atom stereocenters. The molecule has 1 aromatic rings. The smallest absolute Gasteiger partial charge is 0.203 e. The summed E-state index contributed by atoms with van der Waals surface area (Å²) < 4.78 is 21.4. The maximum Gasteiger partial charge on any atom is 0.203 e. The Hall–Kier alpha value is -1.46. The minimum absolute atomic E-state index is 0.219. The summed E-state index contributed by atoms with van der Waals surface area (Å²) in [6.07, 6.45) is 2.50. The van der Waals surface area contributed by atoms with Crippen LogP contribution in [0.3, 0.4) is 0 Å².